The Kier molecular flexibility index (Phi) is 4.02. The summed E-state index contributed by atoms with van der Waals surface area (Å²) < 4.78 is 5.69. The Labute approximate surface area is 75.9 Å². The van der Waals surface area contributed by atoms with E-state index in [1.165, 1.54) is 13.0 Å². The second-order valence-corrected chi connectivity index (χ2v) is 3.82. The van der Waals surface area contributed by atoms with Gasteiger partial charge in [-0.3, -0.25) is 4.90 Å². The van der Waals surface area contributed by atoms with Crippen LogP contribution in [0.5, 0.6) is 0 Å². The predicted molar refractivity (Wildman–Crippen MR) is 51.4 cm³/mol. The summed E-state index contributed by atoms with van der Waals surface area (Å²) in [5.41, 5.74) is 0. The first-order valence-electron chi connectivity index (χ1n) is 5.09. The highest BCUT2D eigenvalue weighted by Gasteiger charge is 2.17. The van der Waals surface area contributed by atoms with Crippen LogP contribution in [0.4, 0.5) is 0 Å². The van der Waals surface area contributed by atoms with E-state index >= 15 is 0 Å². The summed E-state index contributed by atoms with van der Waals surface area (Å²) in [5, 5.41) is 0. The molecule has 1 rings (SSSR count). The van der Waals surface area contributed by atoms with Gasteiger partial charge in [-0.1, -0.05) is 6.92 Å². The van der Waals surface area contributed by atoms with E-state index in [2.05, 4.69) is 25.7 Å². The van der Waals surface area contributed by atoms with Crippen molar-refractivity contribution in [2.24, 2.45) is 0 Å². The van der Waals surface area contributed by atoms with Crippen LogP contribution in [-0.2, 0) is 4.74 Å². The molecule has 1 saturated heterocycles. The highest BCUT2D eigenvalue weighted by molar-refractivity contribution is 4.69. The first-order valence-corrected chi connectivity index (χ1v) is 5.09. The molecule has 0 aliphatic carbocycles. The van der Waals surface area contributed by atoms with Crippen LogP contribution in [0, 0.1) is 0 Å². The second-order valence-electron chi connectivity index (χ2n) is 3.82. The molecule has 12 heavy (non-hydrogen) atoms. The number of ether oxygens (including phenoxy) is 1. The number of nitrogens with zero attached hydrogens (tertiary/aromatic N) is 1. The van der Waals surface area contributed by atoms with E-state index in [0.717, 1.165) is 19.6 Å². The van der Waals surface area contributed by atoms with Gasteiger partial charge in [0, 0.05) is 19.1 Å². The lowest BCUT2D eigenvalue weighted by Gasteiger charge is -2.23. The number of hydrogen-bond donors (Lipinski definition) is 0. The van der Waals surface area contributed by atoms with Gasteiger partial charge in [0.15, 0.2) is 0 Å². The van der Waals surface area contributed by atoms with Crippen LogP contribution >= 0.6 is 0 Å². The third-order valence-corrected chi connectivity index (χ3v) is 2.66. The van der Waals surface area contributed by atoms with Gasteiger partial charge in [-0.15, -0.1) is 0 Å². The summed E-state index contributed by atoms with van der Waals surface area (Å²) in [4.78, 5) is 2.50. The smallest absolute Gasteiger partial charge is 0.0597 e. The molecule has 1 atom stereocenters. The van der Waals surface area contributed by atoms with Gasteiger partial charge in [0.25, 0.3) is 0 Å². The van der Waals surface area contributed by atoms with Gasteiger partial charge in [-0.2, -0.15) is 0 Å². The topological polar surface area (TPSA) is 12.5 Å². The summed E-state index contributed by atoms with van der Waals surface area (Å²) in [6, 6.07) is 0.671. The Morgan fingerprint density at radius 2 is 2.17 bits per heavy atom. The third-order valence-electron chi connectivity index (χ3n) is 2.66. The minimum absolute atomic E-state index is 0.508. The van der Waals surface area contributed by atoms with Crippen molar-refractivity contribution < 1.29 is 4.74 Å². The Hall–Kier alpha value is -0.0800. The molecule has 1 unspecified atom stereocenters. The van der Waals surface area contributed by atoms with E-state index in [1.807, 2.05) is 0 Å². The SMILES string of the molecule is CCC1CCN(C(C)C)CCO1. The van der Waals surface area contributed by atoms with Crippen LogP contribution in [0.15, 0.2) is 0 Å². The van der Waals surface area contributed by atoms with Crippen LogP contribution in [0.25, 0.3) is 0 Å². The van der Waals surface area contributed by atoms with Crippen molar-refractivity contribution in [1.29, 1.82) is 0 Å². The lowest BCUT2D eigenvalue weighted by atomic mass is 10.2. The highest BCUT2D eigenvalue weighted by Crippen LogP contribution is 2.11. The van der Waals surface area contributed by atoms with Crippen molar-refractivity contribution in [2.75, 3.05) is 19.7 Å². The van der Waals surface area contributed by atoms with Gasteiger partial charge < -0.3 is 4.74 Å². The van der Waals surface area contributed by atoms with Gasteiger partial charge in [0.05, 0.1) is 12.7 Å². The fraction of sp³-hybridized carbons (Fsp3) is 1.00. The molecule has 1 aliphatic rings. The van der Waals surface area contributed by atoms with Crippen molar-refractivity contribution in [1.82, 2.24) is 4.90 Å². The molecule has 0 amide bonds. The molecule has 0 aromatic heterocycles. The Balaban J connectivity index is 2.34. The zero-order chi connectivity index (χ0) is 8.97. The normalized spacial score (nSPS) is 27.5. The first-order chi connectivity index (χ1) is 5.74. The molecule has 0 radical (unpaired) electrons. The van der Waals surface area contributed by atoms with Gasteiger partial charge in [-0.05, 0) is 26.7 Å². The number of rotatable bonds is 2. The molecule has 2 heteroatoms. The fourth-order valence-electron chi connectivity index (χ4n) is 1.68. The number of hydrogen-bond acceptors (Lipinski definition) is 2. The minimum Gasteiger partial charge on any atom is -0.377 e. The van der Waals surface area contributed by atoms with Gasteiger partial charge >= 0.3 is 0 Å². The van der Waals surface area contributed by atoms with Crippen molar-refractivity contribution in [3.05, 3.63) is 0 Å². The average molecular weight is 171 g/mol. The summed E-state index contributed by atoms with van der Waals surface area (Å²) in [6.07, 6.45) is 2.87. The monoisotopic (exact) mass is 171 g/mol. The molecule has 0 saturated carbocycles. The fourth-order valence-corrected chi connectivity index (χ4v) is 1.68. The lowest BCUT2D eigenvalue weighted by molar-refractivity contribution is 0.0588. The molecule has 0 aromatic rings. The molecule has 1 aliphatic heterocycles. The Bertz CT molecular complexity index is 125. The van der Waals surface area contributed by atoms with Crippen LogP contribution in [0.2, 0.25) is 0 Å². The predicted octanol–water partition coefficient (Wildman–Crippen LogP) is 1.90. The largest absolute Gasteiger partial charge is 0.377 e. The molecule has 2 nitrogen and oxygen atoms in total. The van der Waals surface area contributed by atoms with E-state index in [-0.39, 0.29) is 0 Å². The summed E-state index contributed by atoms with van der Waals surface area (Å²) in [7, 11) is 0. The molecule has 0 N–H and O–H groups in total. The van der Waals surface area contributed by atoms with E-state index in [1.54, 1.807) is 0 Å². The zero-order valence-corrected chi connectivity index (χ0v) is 8.55. The van der Waals surface area contributed by atoms with E-state index in [4.69, 9.17) is 4.74 Å². The van der Waals surface area contributed by atoms with Crippen LogP contribution in [0.3, 0.4) is 0 Å². The maximum absolute atomic E-state index is 5.69. The molecule has 1 heterocycles. The maximum Gasteiger partial charge on any atom is 0.0597 e. The standard InChI is InChI=1S/C10H21NO/c1-4-10-5-6-11(9(2)3)7-8-12-10/h9-10H,4-8H2,1-3H3. The van der Waals surface area contributed by atoms with Gasteiger partial charge in [0.1, 0.15) is 0 Å². The average Bonchev–Trinajstić information content (AvgIpc) is 2.28. The van der Waals surface area contributed by atoms with Crippen LogP contribution in [0.1, 0.15) is 33.6 Å². The van der Waals surface area contributed by atoms with Crippen molar-refractivity contribution in [3.8, 4) is 0 Å². The van der Waals surface area contributed by atoms with E-state index in [0.29, 0.717) is 12.1 Å². The Morgan fingerprint density at radius 1 is 1.42 bits per heavy atom. The molecular formula is C10H21NO. The quantitative estimate of drug-likeness (QED) is 0.629. The first kappa shape index (κ1) is 10.0. The molecular weight excluding hydrogens is 150 g/mol. The minimum atomic E-state index is 0.508. The molecule has 1 fully saturated rings. The summed E-state index contributed by atoms with van der Waals surface area (Å²) in [5.74, 6) is 0. The molecule has 72 valence electrons. The maximum atomic E-state index is 5.69. The van der Waals surface area contributed by atoms with Gasteiger partial charge in [-0.25, -0.2) is 0 Å². The van der Waals surface area contributed by atoms with Crippen molar-refractivity contribution in [2.45, 2.75) is 45.8 Å². The van der Waals surface area contributed by atoms with Crippen LogP contribution in [-0.4, -0.2) is 36.7 Å². The Morgan fingerprint density at radius 3 is 2.75 bits per heavy atom. The summed E-state index contributed by atoms with van der Waals surface area (Å²) in [6.45, 7) is 9.94. The molecule has 0 aromatic carbocycles. The second kappa shape index (κ2) is 4.83. The van der Waals surface area contributed by atoms with Crippen molar-refractivity contribution in [3.63, 3.8) is 0 Å². The van der Waals surface area contributed by atoms with E-state index < -0.39 is 0 Å². The highest BCUT2D eigenvalue weighted by atomic mass is 16.5. The third kappa shape index (κ3) is 2.76. The summed E-state index contributed by atoms with van der Waals surface area (Å²) >= 11 is 0. The van der Waals surface area contributed by atoms with Crippen molar-refractivity contribution >= 4 is 0 Å². The zero-order valence-electron chi connectivity index (χ0n) is 8.55. The molecule has 0 bridgehead atoms. The van der Waals surface area contributed by atoms with E-state index in [9.17, 15) is 0 Å². The van der Waals surface area contributed by atoms with Gasteiger partial charge in [0.2, 0.25) is 0 Å². The van der Waals surface area contributed by atoms with Crippen LogP contribution < -0.4 is 0 Å². The lowest BCUT2D eigenvalue weighted by Crippen LogP contribution is -2.32. The molecule has 0 spiro atoms.